The van der Waals surface area contributed by atoms with Crippen molar-refractivity contribution in [3.63, 3.8) is 0 Å². The van der Waals surface area contributed by atoms with Crippen molar-refractivity contribution in [1.82, 2.24) is 0 Å². The molecule has 0 aliphatic rings. The highest BCUT2D eigenvalue weighted by atomic mass is 35.5. The summed E-state index contributed by atoms with van der Waals surface area (Å²) in [4.78, 5) is 2.27. The first-order valence-corrected chi connectivity index (χ1v) is 9.36. The monoisotopic (exact) mass is 363 g/mol. The van der Waals surface area contributed by atoms with E-state index in [1.165, 1.54) is 5.56 Å². The molecule has 1 nitrogen and oxygen atoms in total. The van der Waals surface area contributed by atoms with E-state index in [2.05, 4.69) is 70.7 Å². The first-order valence-electron chi connectivity index (χ1n) is 8.60. The van der Waals surface area contributed by atoms with Gasteiger partial charge in [-0.15, -0.1) is 0 Å². The third-order valence-electron chi connectivity index (χ3n) is 4.27. The molecule has 0 heterocycles. The van der Waals surface area contributed by atoms with Gasteiger partial charge in [0.1, 0.15) is 0 Å². The summed E-state index contributed by atoms with van der Waals surface area (Å²) in [6.45, 7) is 13.0. The summed E-state index contributed by atoms with van der Waals surface area (Å²) in [5.74, 6) is 0.831. The van der Waals surface area contributed by atoms with Crippen LogP contribution in [0, 0.1) is 0 Å². The standard InChI is InChI=1S/C21H27Cl2N/c1-13(2)16-7-9-17(10-8-16)24(15(5)6)18-11-19(22)21(14(3)4)20(23)12-18/h7-15H,1-6H3. The van der Waals surface area contributed by atoms with E-state index in [1.54, 1.807) is 0 Å². The van der Waals surface area contributed by atoms with Crippen LogP contribution in [0.5, 0.6) is 0 Å². The van der Waals surface area contributed by atoms with E-state index < -0.39 is 0 Å². The molecule has 0 aromatic heterocycles. The quantitative estimate of drug-likeness (QED) is 0.523. The zero-order valence-electron chi connectivity index (χ0n) is 15.4. The lowest BCUT2D eigenvalue weighted by atomic mass is 10.0. The van der Waals surface area contributed by atoms with Gasteiger partial charge in [0.2, 0.25) is 0 Å². The molecule has 0 aliphatic heterocycles. The number of hydrogen-bond acceptors (Lipinski definition) is 1. The normalized spacial score (nSPS) is 11.6. The Kier molecular flexibility index (Phi) is 6.22. The lowest BCUT2D eigenvalue weighted by Gasteiger charge is -2.30. The topological polar surface area (TPSA) is 3.24 Å². The van der Waals surface area contributed by atoms with Gasteiger partial charge in [0.15, 0.2) is 0 Å². The molecule has 2 aromatic carbocycles. The van der Waals surface area contributed by atoms with E-state index in [0.29, 0.717) is 17.9 Å². The number of rotatable bonds is 5. The molecule has 0 unspecified atom stereocenters. The lowest BCUT2D eigenvalue weighted by Crippen LogP contribution is -2.25. The summed E-state index contributed by atoms with van der Waals surface area (Å²) >= 11 is 13.0. The van der Waals surface area contributed by atoms with Crippen LogP contribution in [0.2, 0.25) is 10.0 Å². The second-order valence-corrected chi connectivity index (χ2v) is 8.00. The van der Waals surface area contributed by atoms with Gasteiger partial charge in [-0.05, 0) is 61.1 Å². The summed E-state index contributed by atoms with van der Waals surface area (Å²) in [6, 6.07) is 13.1. The molecule has 2 rings (SSSR count). The first kappa shape index (κ1) is 19.1. The predicted molar refractivity (Wildman–Crippen MR) is 108 cm³/mol. The summed E-state index contributed by atoms with van der Waals surface area (Å²) in [6.07, 6.45) is 0. The van der Waals surface area contributed by atoms with E-state index in [4.69, 9.17) is 23.2 Å². The Hall–Kier alpha value is -1.18. The number of anilines is 2. The van der Waals surface area contributed by atoms with Crippen molar-refractivity contribution in [3.8, 4) is 0 Å². The van der Waals surface area contributed by atoms with Crippen molar-refractivity contribution < 1.29 is 0 Å². The maximum absolute atomic E-state index is 6.52. The minimum absolute atomic E-state index is 0.298. The highest BCUT2D eigenvalue weighted by Crippen LogP contribution is 2.38. The summed E-state index contributed by atoms with van der Waals surface area (Å²) in [5.41, 5.74) is 4.54. The van der Waals surface area contributed by atoms with E-state index in [1.807, 2.05) is 12.1 Å². The highest BCUT2D eigenvalue weighted by Gasteiger charge is 2.18. The Bertz CT molecular complexity index is 664. The van der Waals surface area contributed by atoms with E-state index in [0.717, 1.165) is 27.0 Å². The van der Waals surface area contributed by atoms with Gasteiger partial charge >= 0.3 is 0 Å². The van der Waals surface area contributed by atoms with E-state index in [-0.39, 0.29) is 0 Å². The van der Waals surface area contributed by atoms with Crippen molar-refractivity contribution in [1.29, 1.82) is 0 Å². The Labute approximate surface area is 156 Å². The number of hydrogen-bond donors (Lipinski definition) is 0. The zero-order valence-corrected chi connectivity index (χ0v) is 16.9. The molecule has 0 saturated heterocycles. The highest BCUT2D eigenvalue weighted by molar-refractivity contribution is 6.36. The van der Waals surface area contributed by atoms with Crippen LogP contribution < -0.4 is 4.90 Å². The summed E-state index contributed by atoms with van der Waals surface area (Å²) < 4.78 is 0. The zero-order chi connectivity index (χ0) is 18.0. The molecule has 24 heavy (non-hydrogen) atoms. The Morgan fingerprint density at radius 1 is 0.708 bits per heavy atom. The second-order valence-electron chi connectivity index (χ2n) is 7.19. The molecule has 0 N–H and O–H groups in total. The van der Waals surface area contributed by atoms with Crippen molar-refractivity contribution in [3.05, 3.63) is 57.6 Å². The van der Waals surface area contributed by atoms with Gasteiger partial charge in [-0.25, -0.2) is 0 Å². The van der Waals surface area contributed by atoms with Crippen molar-refractivity contribution in [2.24, 2.45) is 0 Å². The molecule has 130 valence electrons. The van der Waals surface area contributed by atoms with Crippen molar-refractivity contribution in [2.75, 3.05) is 4.90 Å². The molecular formula is C21H27Cl2N. The third-order valence-corrected chi connectivity index (χ3v) is 4.90. The van der Waals surface area contributed by atoms with Gasteiger partial charge in [-0.2, -0.15) is 0 Å². The Morgan fingerprint density at radius 3 is 1.58 bits per heavy atom. The van der Waals surface area contributed by atoms with Crippen LogP contribution in [0.4, 0.5) is 11.4 Å². The minimum Gasteiger partial charge on any atom is -0.339 e. The van der Waals surface area contributed by atoms with Crippen LogP contribution in [-0.4, -0.2) is 6.04 Å². The summed E-state index contributed by atoms with van der Waals surface area (Å²) in [5, 5.41) is 1.47. The second kappa shape index (κ2) is 7.80. The molecule has 3 heteroatoms. The predicted octanol–water partition coefficient (Wildman–Crippen LogP) is 7.79. The number of halogens is 2. The van der Waals surface area contributed by atoms with E-state index >= 15 is 0 Å². The molecule has 0 atom stereocenters. The molecule has 2 aromatic rings. The number of nitrogens with zero attached hydrogens (tertiary/aromatic N) is 1. The average molecular weight is 364 g/mol. The van der Waals surface area contributed by atoms with Crippen LogP contribution in [0.15, 0.2) is 36.4 Å². The lowest BCUT2D eigenvalue weighted by molar-refractivity contribution is 0.786. The molecule has 0 radical (unpaired) electrons. The minimum atomic E-state index is 0.298. The maximum Gasteiger partial charge on any atom is 0.0476 e. The fourth-order valence-electron chi connectivity index (χ4n) is 3.03. The average Bonchev–Trinajstić information content (AvgIpc) is 2.46. The van der Waals surface area contributed by atoms with Crippen LogP contribution >= 0.6 is 23.2 Å². The van der Waals surface area contributed by atoms with E-state index in [9.17, 15) is 0 Å². The van der Waals surface area contributed by atoms with Crippen molar-refractivity contribution in [2.45, 2.75) is 59.4 Å². The van der Waals surface area contributed by atoms with Crippen LogP contribution in [0.1, 0.15) is 64.5 Å². The van der Waals surface area contributed by atoms with Gasteiger partial charge in [0.05, 0.1) is 0 Å². The van der Waals surface area contributed by atoms with Crippen LogP contribution in [-0.2, 0) is 0 Å². The third kappa shape index (κ3) is 4.07. The summed E-state index contributed by atoms with van der Waals surface area (Å²) in [7, 11) is 0. The SMILES string of the molecule is CC(C)c1ccc(N(c2cc(Cl)c(C(C)C)c(Cl)c2)C(C)C)cc1. The Morgan fingerprint density at radius 2 is 1.21 bits per heavy atom. The fraction of sp³-hybridized carbons (Fsp3) is 0.429. The smallest absolute Gasteiger partial charge is 0.0476 e. The van der Waals surface area contributed by atoms with Gasteiger partial charge in [-0.3, -0.25) is 0 Å². The first-order chi connectivity index (χ1) is 11.2. The van der Waals surface area contributed by atoms with Crippen molar-refractivity contribution >= 4 is 34.6 Å². The van der Waals surface area contributed by atoms with Gasteiger partial charge < -0.3 is 4.90 Å². The maximum atomic E-state index is 6.52. The molecule has 0 fully saturated rings. The molecule has 0 spiro atoms. The van der Waals surface area contributed by atoms with Gasteiger partial charge in [0, 0.05) is 27.5 Å². The van der Waals surface area contributed by atoms with Gasteiger partial charge in [-0.1, -0.05) is 63.0 Å². The molecule has 0 saturated carbocycles. The largest absolute Gasteiger partial charge is 0.339 e. The Balaban J connectivity index is 2.48. The number of benzene rings is 2. The molecule has 0 amide bonds. The van der Waals surface area contributed by atoms with Crippen LogP contribution in [0.25, 0.3) is 0 Å². The molecular weight excluding hydrogens is 337 g/mol. The van der Waals surface area contributed by atoms with Gasteiger partial charge in [0.25, 0.3) is 0 Å². The molecule has 0 bridgehead atoms. The fourth-order valence-corrected chi connectivity index (χ4v) is 3.94. The van der Waals surface area contributed by atoms with Crippen LogP contribution in [0.3, 0.4) is 0 Å². The molecule has 0 aliphatic carbocycles.